The van der Waals surface area contributed by atoms with Crippen molar-refractivity contribution in [2.45, 2.75) is 19.5 Å². The van der Waals surface area contributed by atoms with Crippen LogP contribution in [0.25, 0.3) is 0 Å². The molecule has 0 atom stereocenters. The molecule has 0 saturated heterocycles. The van der Waals surface area contributed by atoms with E-state index in [0.717, 1.165) is 4.90 Å². The molecule has 0 saturated carbocycles. The maximum absolute atomic E-state index is 12.2. The predicted octanol–water partition coefficient (Wildman–Crippen LogP) is 1.02. The third-order valence-corrected chi connectivity index (χ3v) is 1.98. The van der Waals surface area contributed by atoms with Crippen molar-refractivity contribution in [3.8, 4) is 0 Å². The second-order valence-electron chi connectivity index (χ2n) is 3.60. The first-order chi connectivity index (χ1) is 7.90. The fraction of sp³-hybridized carbons (Fsp3) is 0.900. The Morgan fingerprint density at radius 3 is 2.53 bits per heavy atom. The highest BCUT2D eigenvalue weighted by atomic mass is 19.4. The van der Waals surface area contributed by atoms with E-state index in [0.29, 0.717) is 19.6 Å². The molecule has 102 valence electrons. The lowest BCUT2D eigenvalue weighted by Crippen LogP contribution is -2.44. The lowest BCUT2D eigenvalue weighted by Gasteiger charge is -2.23. The maximum atomic E-state index is 12.2. The van der Waals surface area contributed by atoms with E-state index in [2.05, 4.69) is 5.32 Å². The average molecular weight is 256 g/mol. The Morgan fingerprint density at radius 2 is 2.06 bits per heavy atom. The Labute approximate surface area is 99.1 Å². The molecule has 1 N–H and O–H groups in total. The normalized spacial score (nSPS) is 11.6. The molecule has 0 aliphatic carbocycles. The summed E-state index contributed by atoms with van der Waals surface area (Å²) >= 11 is 0. The summed E-state index contributed by atoms with van der Waals surface area (Å²) in [6, 6.07) is 0. The number of ether oxygens (including phenoxy) is 1. The Kier molecular flexibility index (Phi) is 7.90. The Balaban J connectivity index is 4.06. The molecule has 0 fully saturated rings. The van der Waals surface area contributed by atoms with E-state index >= 15 is 0 Å². The molecule has 0 rings (SSSR count). The van der Waals surface area contributed by atoms with Crippen LogP contribution in [0.4, 0.5) is 13.2 Å². The molecule has 0 spiro atoms. The standard InChI is InChI=1S/C10H19F3N2O2/c1-3-5-15(8-10(11,12)13)9(16)7-14-4-6-17-2/h14H,3-8H2,1-2H3. The number of carbonyl (C=O) groups is 1. The van der Waals surface area contributed by atoms with Gasteiger partial charge in [0, 0.05) is 20.2 Å². The zero-order valence-corrected chi connectivity index (χ0v) is 10.1. The lowest BCUT2D eigenvalue weighted by molar-refractivity contribution is -0.160. The highest BCUT2D eigenvalue weighted by molar-refractivity contribution is 5.78. The summed E-state index contributed by atoms with van der Waals surface area (Å²) in [6.45, 7) is 1.42. The van der Waals surface area contributed by atoms with Crippen LogP contribution in [0.2, 0.25) is 0 Å². The van der Waals surface area contributed by atoms with Crippen molar-refractivity contribution in [2.24, 2.45) is 0 Å². The fourth-order valence-electron chi connectivity index (χ4n) is 1.26. The minimum atomic E-state index is -4.35. The highest BCUT2D eigenvalue weighted by Gasteiger charge is 2.32. The van der Waals surface area contributed by atoms with Gasteiger partial charge in [0.2, 0.25) is 5.91 Å². The van der Waals surface area contributed by atoms with Crippen LogP contribution in [-0.4, -0.2) is 56.9 Å². The van der Waals surface area contributed by atoms with E-state index in [1.165, 1.54) is 7.11 Å². The molecule has 0 unspecified atom stereocenters. The minimum Gasteiger partial charge on any atom is -0.383 e. The number of amides is 1. The van der Waals surface area contributed by atoms with E-state index in [1.54, 1.807) is 6.92 Å². The molecule has 0 aromatic rings. The van der Waals surface area contributed by atoms with Crippen molar-refractivity contribution in [1.29, 1.82) is 0 Å². The van der Waals surface area contributed by atoms with Gasteiger partial charge >= 0.3 is 6.18 Å². The molecule has 0 heterocycles. The molecule has 0 aliphatic rings. The predicted molar refractivity (Wildman–Crippen MR) is 57.7 cm³/mol. The van der Waals surface area contributed by atoms with Crippen molar-refractivity contribution >= 4 is 5.91 Å². The number of methoxy groups -OCH3 is 1. The summed E-state index contributed by atoms with van der Waals surface area (Å²) in [4.78, 5) is 12.3. The smallest absolute Gasteiger partial charge is 0.383 e. The van der Waals surface area contributed by atoms with Gasteiger partial charge in [0.05, 0.1) is 13.2 Å². The van der Waals surface area contributed by atoms with Crippen molar-refractivity contribution in [2.75, 3.05) is 39.9 Å². The summed E-state index contributed by atoms with van der Waals surface area (Å²) < 4.78 is 41.3. The largest absolute Gasteiger partial charge is 0.406 e. The van der Waals surface area contributed by atoms with E-state index in [9.17, 15) is 18.0 Å². The molecule has 0 bridgehead atoms. The summed E-state index contributed by atoms with van der Waals surface area (Å²) in [5.74, 6) is -0.541. The zero-order valence-electron chi connectivity index (χ0n) is 10.1. The van der Waals surface area contributed by atoms with Gasteiger partial charge in [0.1, 0.15) is 6.54 Å². The molecule has 0 aromatic carbocycles. The van der Waals surface area contributed by atoms with Crippen LogP contribution in [0.1, 0.15) is 13.3 Å². The van der Waals surface area contributed by atoms with Crippen LogP contribution in [0.3, 0.4) is 0 Å². The van der Waals surface area contributed by atoms with Gasteiger partial charge in [0.25, 0.3) is 0 Å². The van der Waals surface area contributed by atoms with Gasteiger partial charge in [-0.25, -0.2) is 0 Å². The summed E-state index contributed by atoms with van der Waals surface area (Å²) in [6.07, 6.45) is -3.85. The minimum absolute atomic E-state index is 0.0978. The second-order valence-corrected chi connectivity index (χ2v) is 3.60. The third kappa shape index (κ3) is 8.93. The van der Waals surface area contributed by atoms with Gasteiger partial charge in [-0.3, -0.25) is 4.79 Å². The van der Waals surface area contributed by atoms with Gasteiger partial charge in [-0.15, -0.1) is 0 Å². The van der Waals surface area contributed by atoms with Crippen molar-refractivity contribution < 1.29 is 22.7 Å². The first-order valence-electron chi connectivity index (χ1n) is 5.45. The molecular weight excluding hydrogens is 237 g/mol. The molecule has 0 aromatic heterocycles. The Bertz CT molecular complexity index is 222. The summed E-state index contributed by atoms with van der Waals surface area (Å²) in [5, 5.41) is 2.73. The monoisotopic (exact) mass is 256 g/mol. The fourth-order valence-corrected chi connectivity index (χ4v) is 1.26. The lowest BCUT2D eigenvalue weighted by atomic mass is 10.3. The van der Waals surface area contributed by atoms with Crippen LogP contribution in [-0.2, 0) is 9.53 Å². The van der Waals surface area contributed by atoms with Crippen LogP contribution in [0.15, 0.2) is 0 Å². The van der Waals surface area contributed by atoms with Crippen LogP contribution >= 0.6 is 0 Å². The van der Waals surface area contributed by atoms with Gasteiger partial charge in [0.15, 0.2) is 0 Å². The SMILES string of the molecule is CCCN(CC(F)(F)F)C(=O)CNCCOC. The topological polar surface area (TPSA) is 41.6 Å². The first-order valence-corrected chi connectivity index (χ1v) is 5.45. The molecule has 1 amide bonds. The molecular formula is C10H19F3N2O2. The van der Waals surface area contributed by atoms with Crippen molar-refractivity contribution in [3.05, 3.63) is 0 Å². The zero-order chi connectivity index (χ0) is 13.3. The van der Waals surface area contributed by atoms with Gasteiger partial charge in [-0.1, -0.05) is 6.92 Å². The number of carbonyl (C=O) groups excluding carboxylic acids is 1. The second kappa shape index (κ2) is 8.30. The van der Waals surface area contributed by atoms with Gasteiger partial charge in [-0.2, -0.15) is 13.2 Å². The molecule has 0 aliphatic heterocycles. The summed E-state index contributed by atoms with van der Waals surface area (Å²) in [7, 11) is 1.51. The van der Waals surface area contributed by atoms with Crippen LogP contribution in [0.5, 0.6) is 0 Å². The number of nitrogens with one attached hydrogen (secondary N) is 1. The number of alkyl halides is 3. The van der Waals surface area contributed by atoms with Gasteiger partial charge in [-0.05, 0) is 6.42 Å². The summed E-state index contributed by atoms with van der Waals surface area (Å²) in [5.41, 5.74) is 0. The number of halogens is 3. The Hall–Kier alpha value is -0.820. The van der Waals surface area contributed by atoms with Gasteiger partial charge < -0.3 is 15.0 Å². The van der Waals surface area contributed by atoms with Crippen LogP contribution < -0.4 is 5.32 Å². The quantitative estimate of drug-likeness (QED) is 0.659. The molecule has 4 nitrogen and oxygen atoms in total. The molecule has 0 radical (unpaired) electrons. The van der Waals surface area contributed by atoms with E-state index in [-0.39, 0.29) is 13.1 Å². The Morgan fingerprint density at radius 1 is 1.41 bits per heavy atom. The number of hydrogen-bond acceptors (Lipinski definition) is 3. The maximum Gasteiger partial charge on any atom is 0.406 e. The van der Waals surface area contributed by atoms with E-state index < -0.39 is 18.6 Å². The number of nitrogens with zero attached hydrogens (tertiary/aromatic N) is 1. The van der Waals surface area contributed by atoms with Crippen molar-refractivity contribution in [1.82, 2.24) is 10.2 Å². The van der Waals surface area contributed by atoms with E-state index in [4.69, 9.17) is 4.74 Å². The number of hydrogen-bond donors (Lipinski definition) is 1. The van der Waals surface area contributed by atoms with E-state index in [1.807, 2.05) is 0 Å². The average Bonchev–Trinajstić information content (AvgIpc) is 2.21. The number of rotatable bonds is 8. The third-order valence-electron chi connectivity index (χ3n) is 1.98. The molecule has 17 heavy (non-hydrogen) atoms. The van der Waals surface area contributed by atoms with Crippen molar-refractivity contribution in [3.63, 3.8) is 0 Å². The molecule has 7 heteroatoms. The first kappa shape index (κ1) is 16.2. The van der Waals surface area contributed by atoms with Crippen LogP contribution in [0, 0.1) is 0 Å². The highest BCUT2D eigenvalue weighted by Crippen LogP contribution is 2.16.